The summed E-state index contributed by atoms with van der Waals surface area (Å²) >= 11 is 0. The van der Waals surface area contributed by atoms with Crippen LogP contribution in [-0.2, 0) is 14.3 Å². The van der Waals surface area contributed by atoms with E-state index in [0.717, 1.165) is 6.42 Å². The van der Waals surface area contributed by atoms with Crippen molar-refractivity contribution in [3.63, 3.8) is 0 Å². The predicted octanol–water partition coefficient (Wildman–Crippen LogP) is 2.77. The van der Waals surface area contributed by atoms with Gasteiger partial charge in [0.2, 0.25) is 0 Å². The zero-order valence-electron chi connectivity index (χ0n) is 16.0. The average molecular weight is 371 g/mol. The van der Waals surface area contributed by atoms with Crippen LogP contribution in [0.3, 0.4) is 0 Å². The highest BCUT2D eigenvalue weighted by Gasteiger charge is 2.36. The number of para-hydroxylation sites is 1. The molecule has 27 heavy (non-hydrogen) atoms. The minimum Gasteiger partial charge on any atom is -0.496 e. The lowest BCUT2D eigenvalue weighted by molar-refractivity contribution is -0.139. The molecule has 2 aliphatic heterocycles. The van der Waals surface area contributed by atoms with Gasteiger partial charge < -0.3 is 14.4 Å². The lowest BCUT2D eigenvalue weighted by Gasteiger charge is -2.35. The highest BCUT2D eigenvalue weighted by molar-refractivity contribution is 6.03. The molecule has 0 unspecified atom stereocenters. The van der Waals surface area contributed by atoms with Crippen LogP contribution in [0.25, 0.3) is 0 Å². The maximum atomic E-state index is 13.0. The van der Waals surface area contributed by atoms with Crippen LogP contribution in [0.15, 0.2) is 36.1 Å². The van der Waals surface area contributed by atoms with Gasteiger partial charge in [-0.15, -0.1) is 0 Å². The summed E-state index contributed by atoms with van der Waals surface area (Å²) in [7, 11) is 1.54. The van der Waals surface area contributed by atoms with Gasteiger partial charge in [0.1, 0.15) is 11.4 Å². The molecule has 0 N–H and O–H groups in total. The van der Waals surface area contributed by atoms with E-state index in [1.165, 1.54) is 13.2 Å². The second kappa shape index (κ2) is 7.55. The summed E-state index contributed by atoms with van der Waals surface area (Å²) in [6.45, 7) is 4.43. The Bertz CT molecular complexity index is 796. The molecule has 6 heteroatoms. The molecule has 2 aliphatic rings. The first-order valence-corrected chi connectivity index (χ1v) is 9.21. The number of hydrogen-bond donors (Lipinski definition) is 0. The molecule has 0 aromatic heterocycles. The first-order chi connectivity index (χ1) is 12.8. The number of likely N-dealkylation sites (tertiary alicyclic amines) is 1. The number of rotatable bonds is 4. The Balaban J connectivity index is 1.75. The molecule has 6 nitrogen and oxygen atoms in total. The van der Waals surface area contributed by atoms with Gasteiger partial charge in [0.05, 0.1) is 12.7 Å². The third kappa shape index (κ3) is 4.21. The van der Waals surface area contributed by atoms with E-state index in [0.29, 0.717) is 30.8 Å². The van der Waals surface area contributed by atoms with Gasteiger partial charge in [0.25, 0.3) is 5.91 Å². The molecule has 0 aliphatic carbocycles. The van der Waals surface area contributed by atoms with Crippen LogP contribution in [0, 0.1) is 5.92 Å². The molecule has 0 radical (unpaired) electrons. The monoisotopic (exact) mass is 371 g/mol. The number of methoxy groups -OCH3 is 1. The molecule has 1 saturated heterocycles. The number of hydrogen-bond acceptors (Lipinski definition) is 5. The van der Waals surface area contributed by atoms with Crippen molar-refractivity contribution in [2.24, 2.45) is 5.92 Å². The predicted molar refractivity (Wildman–Crippen MR) is 99.5 cm³/mol. The maximum Gasteiger partial charge on any atom is 0.289 e. The van der Waals surface area contributed by atoms with E-state index in [2.05, 4.69) is 0 Å². The van der Waals surface area contributed by atoms with Gasteiger partial charge in [0, 0.05) is 31.5 Å². The Morgan fingerprint density at radius 3 is 2.70 bits per heavy atom. The number of ketones is 2. The van der Waals surface area contributed by atoms with E-state index in [9.17, 15) is 14.4 Å². The highest BCUT2D eigenvalue weighted by atomic mass is 16.5. The number of ether oxygens (including phenoxy) is 2. The van der Waals surface area contributed by atoms with E-state index in [1.807, 2.05) is 6.07 Å². The molecule has 1 atom stereocenters. The molecule has 3 rings (SSSR count). The molecular weight excluding hydrogens is 346 g/mol. The summed E-state index contributed by atoms with van der Waals surface area (Å²) in [6.07, 6.45) is 2.96. The molecule has 144 valence electrons. The molecule has 0 saturated carbocycles. The second-order valence-corrected chi connectivity index (χ2v) is 7.67. The van der Waals surface area contributed by atoms with Gasteiger partial charge in [-0.1, -0.05) is 12.1 Å². The highest BCUT2D eigenvalue weighted by Crippen LogP contribution is 2.29. The zero-order valence-corrected chi connectivity index (χ0v) is 16.0. The Morgan fingerprint density at radius 2 is 2.00 bits per heavy atom. The van der Waals surface area contributed by atoms with Gasteiger partial charge >= 0.3 is 0 Å². The molecule has 1 aromatic carbocycles. The first-order valence-electron chi connectivity index (χ1n) is 9.21. The largest absolute Gasteiger partial charge is 0.496 e. The van der Waals surface area contributed by atoms with Crippen LogP contribution in [-0.4, -0.2) is 48.2 Å². The summed E-state index contributed by atoms with van der Waals surface area (Å²) in [5.74, 6) is -0.160. The Hall–Kier alpha value is -2.63. The van der Waals surface area contributed by atoms with Crippen molar-refractivity contribution in [2.75, 3.05) is 20.2 Å². The number of benzene rings is 1. The maximum absolute atomic E-state index is 13.0. The van der Waals surface area contributed by atoms with Crippen LogP contribution in [0.4, 0.5) is 0 Å². The van der Waals surface area contributed by atoms with Crippen LogP contribution in [0.5, 0.6) is 5.75 Å². The average Bonchev–Trinajstić information content (AvgIpc) is 2.65. The molecule has 2 heterocycles. The number of carbonyl (C=O) groups excluding carboxylic acids is 3. The van der Waals surface area contributed by atoms with Crippen molar-refractivity contribution in [2.45, 2.75) is 38.7 Å². The topological polar surface area (TPSA) is 72.9 Å². The van der Waals surface area contributed by atoms with Gasteiger partial charge in [0.15, 0.2) is 17.3 Å². The zero-order chi connectivity index (χ0) is 19.6. The van der Waals surface area contributed by atoms with Crippen LogP contribution >= 0.6 is 0 Å². The summed E-state index contributed by atoms with van der Waals surface area (Å²) in [6, 6.07) is 7.12. The van der Waals surface area contributed by atoms with E-state index in [4.69, 9.17) is 9.47 Å². The van der Waals surface area contributed by atoms with Crippen molar-refractivity contribution < 1.29 is 23.9 Å². The number of allylic oxidation sites excluding steroid dienone is 1. The number of piperidine rings is 1. The third-order valence-electron chi connectivity index (χ3n) is 4.94. The van der Waals surface area contributed by atoms with Gasteiger partial charge in [-0.3, -0.25) is 14.4 Å². The van der Waals surface area contributed by atoms with Gasteiger partial charge in [-0.2, -0.15) is 0 Å². The first kappa shape index (κ1) is 19.1. The Labute approximate surface area is 159 Å². The minimum absolute atomic E-state index is 0.0279. The molecule has 1 amide bonds. The van der Waals surface area contributed by atoms with Crippen LogP contribution < -0.4 is 4.74 Å². The Kier molecular flexibility index (Phi) is 5.35. The van der Waals surface area contributed by atoms with E-state index >= 15 is 0 Å². The molecule has 1 aromatic rings. The molecule has 0 bridgehead atoms. The molecule has 0 spiro atoms. The second-order valence-electron chi connectivity index (χ2n) is 7.67. The lowest BCUT2D eigenvalue weighted by atomic mass is 9.89. The normalized spacial score (nSPS) is 21.9. The van der Waals surface area contributed by atoms with Crippen molar-refractivity contribution in [3.8, 4) is 5.75 Å². The Morgan fingerprint density at radius 1 is 1.26 bits per heavy atom. The van der Waals surface area contributed by atoms with Gasteiger partial charge in [-0.05, 0) is 38.8 Å². The fourth-order valence-corrected chi connectivity index (χ4v) is 3.69. The van der Waals surface area contributed by atoms with Crippen molar-refractivity contribution in [1.29, 1.82) is 0 Å². The standard InChI is InChI=1S/C21H25NO5/c1-21(2)12-15(23)11-18(27-21)20(25)22-10-6-7-14(13-22)19(24)16-8-4-5-9-17(16)26-3/h4-5,8-9,11,14H,6-7,10,12-13H2,1-3H3/t14-/m1/s1. The van der Waals surface area contributed by atoms with Crippen LogP contribution in [0.1, 0.15) is 43.5 Å². The fourth-order valence-electron chi connectivity index (χ4n) is 3.69. The van der Waals surface area contributed by atoms with Crippen LogP contribution in [0.2, 0.25) is 0 Å². The molecule has 1 fully saturated rings. The number of amides is 1. The van der Waals surface area contributed by atoms with E-state index in [1.54, 1.807) is 36.9 Å². The van der Waals surface area contributed by atoms with Crippen molar-refractivity contribution in [1.82, 2.24) is 4.90 Å². The van der Waals surface area contributed by atoms with Crippen molar-refractivity contribution >= 4 is 17.5 Å². The minimum atomic E-state index is -0.695. The third-order valence-corrected chi connectivity index (χ3v) is 4.94. The summed E-state index contributed by atoms with van der Waals surface area (Å²) in [5.41, 5.74) is -0.164. The molecular formula is C21H25NO5. The van der Waals surface area contributed by atoms with Crippen molar-refractivity contribution in [3.05, 3.63) is 41.7 Å². The number of Topliss-reactive ketones (excluding diaryl/α,β-unsaturated/α-hetero) is 1. The number of nitrogens with zero attached hydrogens (tertiary/aromatic N) is 1. The smallest absolute Gasteiger partial charge is 0.289 e. The summed E-state index contributed by atoms with van der Waals surface area (Å²) < 4.78 is 11.0. The van der Waals surface area contributed by atoms with E-state index < -0.39 is 5.60 Å². The quantitative estimate of drug-likeness (QED) is 0.761. The van der Waals surface area contributed by atoms with Gasteiger partial charge in [-0.25, -0.2) is 0 Å². The SMILES string of the molecule is COc1ccccc1C(=O)[C@@H]1CCCN(C(=O)C2=CC(=O)CC(C)(C)O2)C1. The summed E-state index contributed by atoms with van der Waals surface area (Å²) in [5, 5.41) is 0. The lowest BCUT2D eigenvalue weighted by Crippen LogP contribution is -2.45. The number of carbonyl (C=O) groups is 3. The fraction of sp³-hybridized carbons (Fsp3) is 0.476. The summed E-state index contributed by atoms with van der Waals surface area (Å²) in [4.78, 5) is 39.3. The van der Waals surface area contributed by atoms with E-state index in [-0.39, 0.29) is 35.6 Å².